The maximum absolute atomic E-state index is 12.1. The molecule has 0 saturated carbocycles. The number of nitrogens with zero attached hydrogens (tertiary/aromatic N) is 1. The smallest absolute Gasteiger partial charge is 0.543 e. The van der Waals surface area contributed by atoms with E-state index >= 15 is 0 Å². The molecule has 0 aromatic rings. The summed E-state index contributed by atoms with van der Waals surface area (Å²) in [6.07, 6.45) is 0. The van der Waals surface area contributed by atoms with Gasteiger partial charge in [0, 0.05) is 29.0 Å². The molecular weight excluding hydrogens is 329 g/mol. The van der Waals surface area contributed by atoms with Gasteiger partial charge in [-0.2, -0.15) is 12.6 Å². The van der Waals surface area contributed by atoms with Crippen molar-refractivity contribution in [3.63, 3.8) is 0 Å². The Morgan fingerprint density at radius 3 is 2.62 bits per heavy atom. The van der Waals surface area contributed by atoms with Crippen LogP contribution in [-0.2, 0) is 29.9 Å². The summed E-state index contributed by atoms with van der Waals surface area (Å²) < 4.78 is 16.8. The van der Waals surface area contributed by atoms with Crippen molar-refractivity contribution >= 4 is 41.3 Å². The first-order valence-corrected chi connectivity index (χ1v) is 7.77. The Morgan fingerprint density at radius 1 is 1.52 bits per heavy atom. The molecule has 3 atom stereocenters. The Labute approximate surface area is 151 Å². The topological polar surface area (TPSA) is 104 Å². The van der Waals surface area contributed by atoms with E-state index in [4.69, 9.17) is 4.74 Å². The van der Waals surface area contributed by atoms with Crippen molar-refractivity contribution in [1.29, 1.82) is 0 Å². The second-order valence-corrected chi connectivity index (χ2v) is 6.33. The first kappa shape index (κ1) is 18.7. The van der Waals surface area contributed by atoms with Crippen LogP contribution in [0.1, 0.15) is 6.92 Å². The number of aliphatic carboxylic acids is 1. The molecule has 7 nitrogen and oxygen atoms in total. The molecule has 2 heterocycles. The number of thiol groups is 1. The summed E-state index contributed by atoms with van der Waals surface area (Å²) in [5.74, 6) is -2.99. The number of carboxylic acid groups (broad SMARTS) is 1. The molecule has 10 heteroatoms. The fraction of sp³-hybridized carbons (Fsp3) is 0.545. The molecule has 2 rings (SSSR count). The molecule has 2 aliphatic rings. The summed E-state index contributed by atoms with van der Waals surface area (Å²) >= 11 is 4.01. The van der Waals surface area contributed by atoms with E-state index < -0.39 is 39.9 Å². The molecular formula is C11H12NNaO6S2. The molecule has 21 heavy (non-hydrogen) atoms. The number of β-lactam (4-membered cyclic amide) rings is 1. The molecule has 0 bridgehead atoms. The standard InChI is InChI=1S/C11H13NO6S2.Na/c1-5(13)18-2-6-4-20(17)10-7(3-19)9(14)12(10)8(6)11(15)16;/h7,10,19H,2-4H2,1H3,(H,15,16);/q;+1/p-1/t7-,10+,20-;/m0./s1. The molecule has 0 spiro atoms. The van der Waals surface area contributed by atoms with Crippen molar-refractivity contribution in [3.8, 4) is 0 Å². The predicted molar refractivity (Wildman–Crippen MR) is 69.7 cm³/mol. The van der Waals surface area contributed by atoms with Gasteiger partial charge in [-0.25, -0.2) is 0 Å². The number of fused-ring (bicyclic) bond motifs is 1. The molecule has 2 aliphatic heterocycles. The zero-order valence-electron chi connectivity index (χ0n) is 11.5. The van der Waals surface area contributed by atoms with E-state index in [1.807, 2.05) is 0 Å². The van der Waals surface area contributed by atoms with Gasteiger partial charge in [-0.3, -0.25) is 18.7 Å². The van der Waals surface area contributed by atoms with Crippen LogP contribution < -0.4 is 34.7 Å². The third kappa shape index (κ3) is 3.37. The Morgan fingerprint density at radius 2 is 2.14 bits per heavy atom. The van der Waals surface area contributed by atoms with Crippen molar-refractivity contribution in [2.75, 3.05) is 18.1 Å². The first-order valence-electron chi connectivity index (χ1n) is 5.76. The van der Waals surface area contributed by atoms with E-state index in [-0.39, 0.29) is 58.9 Å². The van der Waals surface area contributed by atoms with Crippen LogP contribution in [0.3, 0.4) is 0 Å². The predicted octanol–water partition coefficient (Wildman–Crippen LogP) is -4.97. The number of hydrogen-bond acceptors (Lipinski definition) is 7. The van der Waals surface area contributed by atoms with Gasteiger partial charge in [0.25, 0.3) is 0 Å². The van der Waals surface area contributed by atoms with Crippen LogP contribution in [-0.4, -0.2) is 50.4 Å². The van der Waals surface area contributed by atoms with E-state index in [9.17, 15) is 23.7 Å². The SMILES string of the molecule is CC(=O)OCC1=C(C(=O)[O-])N2C(=O)[C@H](CS)[C@H]2[S@@](=O)C1.[Na+]. The number of carbonyl (C=O) groups excluding carboxylic acids is 3. The molecule has 0 N–H and O–H groups in total. The molecule has 1 saturated heterocycles. The largest absolute Gasteiger partial charge is 1.00 e. The van der Waals surface area contributed by atoms with Crippen molar-refractivity contribution < 1.29 is 58.0 Å². The van der Waals surface area contributed by atoms with Crippen LogP contribution in [0.5, 0.6) is 0 Å². The third-order valence-electron chi connectivity index (χ3n) is 3.15. The summed E-state index contributed by atoms with van der Waals surface area (Å²) in [5, 5.41) is 10.5. The van der Waals surface area contributed by atoms with Gasteiger partial charge in [-0.05, 0) is 0 Å². The fourth-order valence-corrected chi connectivity index (χ4v) is 4.52. The van der Waals surface area contributed by atoms with Crippen LogP contribution in [0.2, 0.25) is 0 Å². The van der Waals surface area contributed by atoms with Crippen LogP contribution in [0, 0.1) is 5.92 Å². The van der Waals surface area contributed by atoms with Gasteiger partial charge >= 0.3 is 35.5 Å². The van der Waals surface area contributed by atoms with Crippen molar-refractivity contribution in [3.05, 3.63) is 11.3 Å². The zero-order valence-corrected chi connectivity index (χ0v) is 15.2. The molecule has 0 aromatic heterocycles. The number of carboxylic acids is 1. The average molecular weight is 341 g/mol. The van der Waals surface area contributed by atoms with E-state index in [1.54, 1.807) is 0 Å². The summed E-state index contributed by atoms with van der Waals surface area (Å²) in [4.78, 5) is 34.9. The molecule has 1 amide bonds. The Balaban J connectivity index is 0.00000220. The maximum atomic E-state index is 12.1. The molecule has 1 fully saturated rings. The van der Waals surface area contributed by atoms with E-state index in [2.05, 4.69) is 12.6 Å². The molecule has 0 aromatic carbocycles. The summed E-state index contributed by atoms with van der Waals surface area (Å²) in [7, 11) is -1.44. The minimum atomic E-state index is -1.54. The van der Waals surface area contributed by atoms with Gasteiger partial charge in [-0.1, -0.05) is 0 Å². The van der Waals surface area contributed by atoms with Gasteiger partial charge < -0.3 is 14.6 Å². The first-order chi connectivity index (χ1) is 9.38. The van der Waals surface area contributed by atoms with Crippen molar-refractivity contribution in [2.24, 2.45) is 5.92 Å². The number of hydrogen-bond donors (Lipinski definition) is 1. The normalized spacial score (nSPS) is 27.4. The number of carbonyl (C=O) groups is 3. The monoisotopic (exact) mass is 341 g/mol. The minimum absolute atomic E-state index is 0. The average Bonchev–Trinajstić information content (AvgIpc) is 2.36. The van der Waals surface area contributed by atoms with Gasteiger partial charge in [0.05, 0.1) is 23.3 Å². The van der Waals surface area contributed by atoms with Crippen LogP contribution in [0.15, 0.2) is 11.3 Å². The summed E-state index contributed by atoms with van der Waals surface area (Å²) in [6.45, 7) is 0.861. The van der Waals surface area contributed by atoms with E-state index in [1.165, 1.54) is 6.92 Å². The Hall–Kier alpha value is -0.350. The number of ether oxygens (including phenoxy) is 1. The van der Waals surface area contributed by atoms with Gasteiger partial charge in [-0.15, -0.1) is 0 Å². The minimum Gasteiger partial charge on any atom is -0.543 e. The van der Waals surface area contributed by atoms with Crippen molar-refractivity contribution in [2.45, 2.75) is 12.3 Å². The third-order valence-corrected chi connectivity index (χ3v) is 5.26. The van der Waals surface area contributed by atoms with E-state index in [0.717, 1.165) is 4.90 Å². The maximum Gasteiger partial charge on any atom is 1.00 e. The molecule has 110 valence electrons. The Bertz CT molecular complexity index is 549. The quantitative estimate of drug-likeness (QED) is 0.238. The molecule has 0 radical (unpaired) electrons. The second kappa shape index (κ2) is 7.28. The Kier molecular flexibility index (Phi) is 6.48. The molecule has 0 aliphatic carbocycles. The van der Waals surface area contributed by atoms with E-state index in [0.29, 0.717) is 0 Å². The number of esters is 1. The van der Waals surface area contributed by atoms with Crippen LogP contribution >= 0.6 is 12.6 Å². The zero-order chi connectivity index (χ0) is 15.0. The van der Waals surface area contributed by atoms with Crippen LogP contribution in [0.25, 0.3) is 0 Å². The van der Waals surface area contributed by atoms with Gasteiger partial charge in [0.1, 0.15) is 12.0 Å². The molecule has 0 unspecified atom stereocenters. The summed E-state index contributed by atoms with van der Waals surface area (Å²) in [5.41, 5.74) is -0.209. The van der Waals surface area contributed by atoms with Gasteiger partial charge in [0.2, 0.25) is 5.91 Å². The van der Waals surface area contributed by atoms with Crippen molar-refractivity contribution in [1.82, 2.24) is 4.90 Å². The summed E-state index contributed by atoms with van der Waals surface area (Å²) in [6, 6.07) is 0. The van der Waals surface area contributed by atoms with Gasteiger partial charge in [0.15, 0.2) is 0 Å². The number of amides is 1. The second-order valence-electron chi connectivity index (χ2n) is 4.43. The number of rotatable bonds is 4. The fourth-order valence-electron chi connectivity index (χ4n) is 2.27. The van der Waals surface area contributed by atoms with Crippen LogP contribution in [0.4, 0.5) is 0 Å².